The lowest BCUT2D eigenvalue weighted by Gasteiger charge is -2.24. The van der Waals surface area contributed by atoms with Gasteiger partial charge in [-0.05, 0) is 48.2 Å². The Morgan fingerprint density at radius 1 is 1.53 bits per heavy atom. The van der Waals surface area contributed by atoms with Crippen molar-refractivity contribution in [1.82, 2.24) is 15.1 Å². The van der Waals surface area contributed by atoms with Crippen LogP contribution in [-0.2, 0) is 6.54 Å². The highest BCUT2D eigenvalue weighted by Gasteiger charge is 2.29. The lowest BCUT2D eigenvalue weighted by Crippen LogP contribution is -2.27. The van der Waals surface area contributed by atoms with Gasteiger partial charge in [0.1, 0.15) is 0 Å². The van der Waals surface area contributed by atoms with Crippen LogP contribution in [0.1, 0.15) is 50.8 Å². The third kappa shape index (κ3) is 2.74. The molecule has 1 atom stereocenters. The normalized spacial score (nSPS) is 18.8. The van der Waals surface area contributed by atoms with E-state index in [1.165, 1.54) is 31.4 Å². The van der Waals surface area contributed by atoms with Crippen molar-refractivity contribution in [2.45, 2.75) is 51.6 Å². The summed E-state index contributed by atoms with van der Waals surface area (Å²) in [6.07, 6.45) is 8.50. The van der Waals surface area contributed by atoms with Crippen LogP contribution in [0, 0.1) is 5.92 Å². The Kier molecular flexibility index (Phi) is 4.62. The molecule has 1 aromatic rings. The molecule has 0 aromatic carbocycles. The fourth-order valence-electron chi connectivity index (χ4n) is 2.96. The van der Waals surface area contributed by atoms with Gasteiger partial charge in [-0.3, -0.25) is 4.68 Å². The highest BCUT2D eigenvalue weighted by atomic mass is 79.9. The summed E-state index contributed by atoms with van der Waals surface area (Å²) < 4.78 is 3.31. The molecule has 0 bridgehead atoms. The predicted octanol–water partition coefficient (Wildman–Crippen LogP) is 3.51. The maximum Gasteiger partial charge on any atom is 0.0698 e. The van der Waals surface area contributed by atoms with E-state index in [1.54, 1.807) is 0 Å². The summed E-state index contributed by atoms with van der Waals surface area (Å²) in [5, 5.41) is 7.97. The number of aryl methyl sites for hydroxylation is 1. The molecule has 0 spiro atoms. The van der Waals surface area contributed by atoms with Crippen LogP contribution < -0.4 is 5.32 Å². The molecular weight excluding hydrogens is 278 g/mol. The first-order valence-corrected chi connectivity index (χ1v) is 7.45. The molecule has 0 radical (unpaired) electrons. The Hall–Kier alpha value is -0.350. The molecule has 1 aliphatic rings. The van der Waals surface area contributed by atoms with Gasteiger partial charge in [0.05, 0.1) is 22.4 Å². The summed E-state index contributed by atoms with van der Waals surface area (Å²) in [4.78, 5) is 0. The van der Waals surface area contributed by atoms with Crippen LogP contribution in [0.5, 0.6) is 0 Å². The summed E-state index contributed by atoms with van der Waals surface area (Å²) in [6, 6.07) is 0.445. The summed E-state index contributed by atoms with van der Waals surface area (Å²) in [7, 11) is 2.07. The number of halogens is 1. The van der Waals surface area contributed by atoms with Gasteiger partial charge in [0.2, 0.25) is 0 Å². The average molecular weight is 300 g/mol. The Bertz CT molecular complexity index is 356. The fraction of sp³-hybridized carbons (Fsp3) is 0.769. The zero-order valence-electron chi connectivity index (χ0n) is 10.7. The predicted molar refractivity (Wildman–Crippen MR) is 74.0 cm³/mol. The molecule has 0 saturated heterocycles. The number of hydrogen-bond acceptors (Lipinski definition) is 2. The zero-order chi connectivity index (χ0) is 12.3. The van der Waals surface area contributed by atoms with Crippen LogP contribution >= 0.6 is 15.9 Å². The van der Waals surface area contributed by atoms with Gasteiger partial charge in [0.15, 0.2) is 0 Å². The van der Waals surface area contributed by atoms with Crippen LogP contribution in [0.15, 0.2) is 10.7 Å². The molecule has 1 heterocycles. The van der Waals surface area contributed by atoms with Crippen molar-refractivity contribution in [2.24, 2.45) is 5.92 Å². The smallest absolute Gasteiger partial charge is 0.0698 e. The number of hydrogen-bond donors (Lipinski definition) is 1. The van der Waals surface area contributed by atoms with Crippen LogP contribution in [0.25, 0.3) is 0 Å². The van der Waals surface area contributed by atoms with Crippen LogP contribution in [0.4, 0.5) is 0 Å². The largest absolute Gasteiger partial charge is 0.311 e. The van der Waals surface area contributed by atoms with Crippen LogP contribution in [-0.4, -0.2) is 16.8 Å². The minimum atomic E-state index is 0.445. The van der Waals surface area contributed by atoms with E-state index in [1.807, 2.05) is 6.20 Å². The van der Waals surface area contributed by atoms with E-state index in [9.17, 15) is 0 Å². The second-order valence-corrected chi connectivity index (χ2v) is 5.77. The third-order valence-electron chi connectivity index (χ3n) is 3.75. The summed E-state index contributed by atoms with van der Waals surface area (Å²) in [5.41, 5.74) is 1.33. The van der Waals surface area contributed by atoms with Crippen molar-refractivity contribution in [2.75, 3.05) is 7.05 Å². The van der Waals surface area contributed by atoms with Gasteiger partial charge in [-0.2, -0.15) is 5.10 Å². The van der Waals surface area contributed by atoms with Gasteiger partial charge >= 0.3 is 0 Å². The van der Waals surface area contributed by atoms with Crippen molar-refractivity contribution < 1.29 is 0 Å². The van der Waals surface area contributed by atoms with Gasteiger partial charge in [-0.15, -0.1) is 0 Å². The van der Waals surface area contributed by atoms with E-state index in [-0.39, 0.29) is 0 Å². The Balaban J connectivity index is 2.25. The van der Waals surface area contributed by atoms with E-state index < -0.39 is 0 Å². The van der Waals surface area contributed by atoms with Gasteiger partial charge in [0.25, 0.3) is 0 Å². The van der Waals surface area contributed by atoms with Crippen LogP contribution in [0.3, 0.4) is 0 Å². The molecule has 0 amide bonds. The van der Waals surface area contributed by atoms with Crippen molar-refractivity contribution in [1.29, 1.82) is 0 Å². The van der Waals surface area contributed by atoms with Crippen molar-refractivity contribution in [3.63, 3.8) is 0 Å². The van der Waals surface area contributed by atoms with Crippen molar-refractivity contribution in [3.8, 4) is 0 Å². The molecule has 96 valence electrons. The third-order valence-corrected chi connectivity index (χ3v) is 4.36. The second-order valence-electron chi connectivity index (χ2n) is 4.91. The van der Waals surface area contributed by atoms with Gasteiger partial charge < -0.3 is 5.32 Å². The molecule has 1 aliphatic carbocycles. The summed E-state index contributed by atoms with van der Waals surface area (Å²) in [5.74, 6) is 0.767. The molecule has 0 aliphatic heterocycles. The van der Waals surface area contributed by atoms with E-state index in [0.717, 1.165) is 23.4 Å². The zero-order valence-corrected chi connectivity index (χ0v) is 12.3. The van der Waals surface area contributed by atoms with E-state index in [0.29, 0.717) is 6.04 Å². The quantitative estimate of drug-likeness (QED) is 0.902. The number of aromatic nitrogens is 2. The minimum absolute atomic E-state index is 0.445. The molecule has 3 nitrogen and oxygen atoms in total. The van der Waals surface area contributed by atoms with E-state index >= 15 is 0 Å². The first-order valence-electron chi connectivity index (χ1n) is 6.66. The molecule has 1 saturated carbocycles. The van der Waals surface area contributed by atoms with Gasteiger partial charge in [-0.1, -0.05) is 19.8 Å². The molecule has 1 aromatic heterocycles. The SMILES string of the molecule is CCCn1ncc(Br)c1C(NC)C1CCCC1. The highest BCUT2D eigenvalue weighted by molar-refractivity contribution is 9.10. The molecule has 1 fully saturated rings. The lowest BCUT2D eigenvalue weighted by atomic mass is 9.95. The first-order chi connectivity index (χ1) is 8.27. The van der Waals surface area contributed by atoms with Crippen LogP contribution in [0.2, 0.25) is 0 Å². The monoisotopic (exact) mass is 299 g/mol. The minimum Gasteiger partial charge on any atom is -0.311 e. The standard InChI is InChI=1S/C13H22BrN3/c1-3-8-17-13(11(14)9-16-17)12(15-2)10-6-4-5-7-10/h9-10,12,15H,3-8H2,1-2H3. The van der Waals surface area contributed by atoms with E-state index in [4.69, 9.17) is 0 Å². The molecule has 1 unspecified atom stereocenters. The highest BCUT2D eigenvalue weighted by Crippen LogP contribution is 2.37. The number of nitrogens with one attached hydrogen (secondary N) is 1. The second kappa shape index (κ2) is 6.01. The summed E-state index contributed by atoms with van der Waals surface area (Å²) >= 11 is 3.65. The topological polar surface area (TPSA) is 29.9 Å². The fourth-order valence-corrected chi connectivity index (χ4v) is 3.50. The van der Waals surface area contributed by atoms with Crippen molar-refractivity contribution in [3.05, 3.63) is 16.4 Å². The first kappa shape index (κ1) is 13.1. The number of rotatable bonds is 5. The molecular formula is C13H22BrN3. The average Bonchev–Trinajstić information content (AvgIpc) is 2.94. The number of nitrogens with zero attached hydrogens (tertiary/aromatic N) is 2. The molecule has 17 heavy (non-hydrogen) atoms. The molecule has 1 N–H and O–H groups in total. The van der Waals surface area contributed by atoms with Gasteiger partial charge in [0, 0.05) is 6.54 Å². The van der Waals surface area contributed by atoms with Gasteiger partial charge in [-0.25, -0.2) is 0 Å². The van der Waals surface area contributed by atoms with E-state index in [2.05, 4.69) is 45.0 Å². The summed E-state index contributed by atoms with van der Waals surface area (Å²) in [6.45, 7) is 3.20. The maximum absolute atomic E-state index is 4.48. The lowest BCUT2D eigenvalue weighted by molar-refractivity contribution is 0.362. The van der Waals surface area contributed by atoms with Crippen molar-refractivity contribution >= 4 is 15.9 Å². The Morgan fingerprint density at radius 2 is 2.24 bits per heavy atom. The molecule has 2 rings (SSSR count). The molecule has 4 heteroatoms. The maximum atomic E-state index is 4.48. The Labute approximate surface area is 112 Å². The Morgan fingerprint density at radius 3 is 2.82 bits per heavy atom.